The third-order valence-corrected chi connectivity index (χ3v) is 3.16. The zero-order valence-electron chi connectivity index (χ0n) is 13.2. The molecule has 0 aliphatic carbocycles. The van der Waals surface area contributed by atoms with Gasteiger partial charge in [0.1, 0.15) is 11.4 Å². The lowest BCUT2D eigenvalue weighted by Gasteiger charge is -2.24. The number of hydrogen-bond donors (Lipinski definition) is 1. The van der Waals surface area contributed by atoms with Gasteiger partial charge in [-0.1, -0.05) is 25.4 Å². The summed E-state index contributed by atoms with van der Waals surface area (Å²) in [5, 5.41) is 3.29. The highest BCUT2D eigenvalue weighted by Crippen LogP contribution is 2.28. The van der Waals surface area contributed by atoms with E-state index in [4.69, 9.17) is 21.1 Å². The van der Waals surface area contributed by atoms with Crippen LogP contribution in [0.15, 0.2) is 18.2 Å². The quantitative estimate of drug-likeness (QED) is 0.779. The Labute approximate surface area is 131 Å². The summed E-state index contributed by atoms with van der Waals surface area (Å²) in [6.07, 6.45) is 1.78. The number of rotatable bonds is 8. The van der Waals surface area contributed by atoms with Crippen molar-refractivity contribution < 1.29 is 14.3 Å². The Kier molecular flexibility index (Phi) is 6.99. The first-order chi connectivity index (χ1) is 9.90. The maximum Gasteiger partial charge on any atom is 0.256 e. The standard InChI is InChI=1S/C16H24ClNO3/c1-5-9-20-14-8-7-12(11-13(14)17)18-15(19)16(3,4)21-10-6-2/h7-8,11H,5-6,9-10H2,1-4H3,(H,18,19). The predicted octanol–water partition coefficient (Wildman–Crippen LogP) is 4.27. The van der Waals surface area contributed by atoms with Crippen LogP contribution in [0.2, 0.25) is 5.02 Å². The van der Waals surface area contributed by atoms with E-state index in [2.05, 4.69) is 5.32 Å². The van der Waals surface area contributed by atoms with Gasteiger partial charge in [0.15, 0.2) is 0 Å². The highest BCUT2D eigenvalue weighted by molar-refractivity contribution is 6.32. The van der Waals surface area contributed by atoms with Crippen molar-refractivity contribution in [2.75, 3.05) is 18.5 Å². The fourth-order valence-electron chi connectivity index (χ4n) is 1.61. The van der Waals surface area contributed by atoms with Crippen molar-refractivity contribution in [3.05, 3.63) is 23.2 Å². The molecule has 0 saturated heterocycles. The number of benzene rings is 1. The first kappa shape index (κ1) is 17.8. The van der Waals surface area contributed by atoms with E-state index < -0.39 is 5.60 Å². The number of carbonyl (C=O) groups excluding carboxylic acids is 1. The fourth-order valence-corrected chi connectivity index (χ4v) is 1.85. The van der Waals surface area contributed by atoms with Crippen LogP contribution in [0, 0.1) is 0 Å². The SMILES string of the molecule is CCCOc1ccc(NC(=O)C(C)(C)OCCC)cc1Cl. The van der Waals surface area contributed by atoms with Crippen molar-refractivity contribution in [2.45, 2.75) is 46.1 Å². The summed E-state index contributed by atoms with van der Waals surface area (Å²) < 4.78 is 11.0. The molecule has 1 rings (SSSR count). The number of hydrogen-bond acceptors (Lipinski definition) is 3. The fraction of sp³-hybridized carbons (Fsp3) is 0.562. The number of nitrogens with one attached hydrogen (secondary N) is 1. The lowest BCUT2D eigenvalue weighted by molar-refractivity contribution is -0.137. The number of amides is 1. The van der Waals surface area contributed by atoms with Gasteiger partial charge in [-0.25, -0.2) is 0 Å². The van der Waals surface area contributed by atoms with Crippen LogP contribution in [-0.4, -0.2) is 24.7 Å². The topological polar surface area (TPSA) is 47.6 Å². The average molecular weight is 314 g/mol. The van der Waals surface area contributed by atoms with Crippen molar-refractivity contribution in [3.8, 4) is 5.75 Å². The van der Waals surface area contributed by atoms with E-state index in [1.807, 2.05) is 13.8 Å². The second kappa shape index (κ2) is 8.25. The Balaban J connectivity index is 2.70. The molecule has 0 heterocycles. The number of anilines is 1. The van der Waals surface area contributed by atoms with Gasteiger partial charge in [0.05, 0.1) is 11.6 Å². The highest BCUT2D eigenvalue weighted by Gasteiger charge is 2.28. The third-order valence-electron chi connectivity index (χ3n) is 2.87. The Morgan fingerprint density at radius 1 is 1.24 bits per heavy atom. The van der Waals surface area contributed by atoms with Crippen molar-refractivity contribution in [3.63, 3.8) is 0 Å². The minimum atomic E-state index is -0.875. The average Bonchev–Trinajstić information content (AvgIpc) is 2.44. The number of halogens is 1. The van der Waals surface area contributed by atoms with Crippen LogP contribution in [-0.2, 0) is 9.53 Å². The molecule has 0 fully saturated rings. The minimum absolute atomic E-state index is 0.200. The molecule has 21 heavy (non-hydrogen) atoms. The molecule has 1 amide bonds. The molecule has 0 bridgehead atoms. The highest BCUT2D eigenvalue weighted by atomic mass is 35.5. The summed E-state index contributed by atoms with van der Waals surface area (Å²) in [6, 6.07) is 5.21. The zero-order chi connectivity index (χ0) is 15.9. The molecule has 0 aromatic heterocycles. The summed E-state index contributed by atoms with van der Waals surface area (Å²) in [4.78, 5) is 12.2. The molecule has 1 N–H and O–H groups in total. The van der Waals surface area contributed by atoms with Gasteiger partial charge in [0.25, 0.3) is 5.91 Å². The van der Waals surface area contributed by atoms with Crippen LogP contribution in [0.25, 0.3) is 0 Å². The monoisotopic (exact) mass is 313 g/mol. The van der Waals surface area contributed by atoms with Gasteiger partial charge in [-0.3, -0.25) is 4.79 Å². The van der Waals surface area contributed by atoms with Gasteiger partial charge in [-0.05, 0) is 44.9 Å². The molecule has 0 radical (unpaired) electrons. The van der Waals surface area contributed by atoms with E-state index in [1.165, 1.54) is 0 Å². The molecular weight excluding hydrogens is 290 g/mol. The molecule has 1 aromatic rings. The molecule has 0 unspecified atom stereocenters. The molecule has 118 valence electrons. The van der Waals surface area contributed by atoms with E-state index in [0.29, 0.717) is 29.7 Å². The molecule has 0 spiro atoms. The van der Waals surface area contributed by atoms with E-state index in [9.17, 15) is 4.79 Å². The molecule has 0 saturated carbocycles. The molecule has 1 aromatic carbocycles. The van der Waals surface area contributed by atoms with Crippen LogP contribution in [0.5, 0.6) is 5.75 Å². The predicted molar refractivity (Wildman–Crippen MR) is 86.2 cm³/mol. The Morgan fingerprint density at radius 3 is 2.48 bits per heavy atom. The second-order valence-electron chi connectivity index (χ2n) is 5.31. The first-order valence-electron chi connectivity index (χ1n) is 7.28. The Bertz CT molecular complexity index is 475. The maximum atomic E-state index is 12.2. The van der Waals surface area contributed by atoms with Gasteiger partial charge in [0.2, 0.25) is 0 Å². The van der Waals surface area contributed by atoms with Crippen LogP contribution >= 0.6 is 11.6 Å². The summed E-state index contributed by atoms with van der Waals surface area (Å²) in [5.74, 6) is 0.423. The molecule has 0 atom stereocenters. The van der Waals surface area contributed by atoms with Crippen molar-refractivity contribution >= 4 is 23.2 Å². The van der Waals surface area contributed by atoms with Crippen LogP contribution < -0.4 is 10.1 Å². The first-order valence-corrected chi connectivity index (χ1v) is 7.66. The van der Waals surface area contributed by atoms with Gasteiger partial charge in [0, 0.05) is 12.3 Å². The molecule has 4 nitrogen and oxygen atoms in total. The lowest BCUT2D eigenvalue weighted by atomic mass is 10.1. The van der Waals surface area contributed by atoms with E-state index in [1.54, 1.807) is 32.0 Å². The minimum Gasteiger partial charge on any atom is -0.492 e. The van der Waals surface area contributed by atoms with Gasteiger partial charge in [-0.2, -0.15) is 0 Å². The summed E-state index contributed by atoms with van der Waals surface area (Å²) in [5.41, 5.74) is -0.248. The lowest BCUT2D eigenvalue weighted by Crippen LogP contribution is -2.40. The van der Waals surface area contributed by atoms with Gasteiger partial charge < -0.3 is 14.8 Å². The maximum absolute atomic E-state index is 12.2. The third kappa shape index (κ3) is 5.56. The largest absolute Gasteiger partial charge is 0.492 e. The van der Waals surface area contributed by atoms with Crippen LogP contribution in [0.1, 0.15) is 40.5 Å². The summed E-state index contributed by atoms with van der Waals surface area (Å²) >= 11 is 6.14. The number of carbonyl (C=O) groups is 1. The molecular formula is C16H24ClNO3. The van der Waals surface area contributed by atoms with Crippen molar-refractivity contribution in [1.29, 1.82) is 0 Å². The smallest absolute Gasteiger partial charge is 0.256 e. The molecule has 0 aliphatic rings. The summed E-state index contributed by atoms with van der Waals surface area (Å²) in [7, 11) is 0. The van der Waals surface area contributed by atoms with Crippen LogP contribution in [0.4, 0.5) is 5.69 Å². The van der Waals surface area contributed by atoms with Crippen LogP contribution in [0.3, 0.4) is 0 Å². The van der Waals surface area contributed by atoms with Crippen molar-refractivity contribution in [2.24, 2.45) is 0 Å². The van der Waals surface area contributed by atoms with Crippen molar-refractivity contribution in [1.82, 2.24) is 0 Å². The zero-order valence-corrected chi connectivity index (χ0v) is 13.9. The second-order valence-corrected chi connectivity index (χ2v) is 5.71. The molecule has 0 aliphatic heterocycles. The normalized spacial score (nSPS) is 11.3. The summed E-state index contributed by atoms with van der Waals surface area (Å²) in [6.45, 7) is 8.69. The van der Waals surface area contributed by atoms with E-state index in [-0.39, 0.29) is 5.91 Å². The number of ether oxygens (including phenoxy) is 2. The van der Waals surface area contributed by atoms with Gasteiger partial charge in [-0.15, -0.1) is 0 Å². The van der Waals surface area contributed by atoms with Gasteiger partial charge >= 0.3 is 0 Å². The Morgan fingerprint density at radius 2 is 1.90 bits per heavy atom. The molecule has 5 heteroatoms. The Hall–Kier alpha value is -1.26. The van der Waals surface area contributed by atoms with E-state index in [0.717, 1.165) is 12.8 Å². The van der Waals surface area contributed by atoms with E-state index >= 15 is 0 Å².